The Morgan fingerprint density at radius 3 is 1.31 bits per heavy atom. The van der Waals surface area contributed by atoms with Crippen LogP contribution in [0, 0.1) is 0 Å². The van der Waals surface area contributed by atoms with Crippen LogP contribution in [0.15, 0.2) is 308 Å². The van der Waals surface area contributed by atoms with Gasteiger partial charge in [-0.15, -0.1) is 0 Å². The van der Waals surface area contributed by atoms with Crippen molar-refractivity contribution in [2.45, 2.75) is 12.3 Å². The minimum absolute atomic E-state index is 0.0761. The molecule has 3 aliphatic carbocycles. The summed E-state index contributed by atoms with van der Waals surface area (Å²) in [6.07, 6.45) is 3.23. The van der Waals surface area contributed by atoms with Gasteiger partial charge in [0.25, 0.3) is 0 Å². The molecule has 0 amide bonds. The maximum atomic E-state index is 7.40. The van der Waals surface area contributed by atoms with Gasteiger partial charge in [0.05, 0.1) is 0 Å². The van der Waals surface area contributed by atoms with Crippen LogP contribution in [0.25, 0.3) is 187 Å². The van der Waals surface area contributed by atoms with Crippen molar-refractivity contribution in [2.75, 3.05) is 0 Å². The molecule has 0 N–H and O–H groups in total. The molecular weight excluding hydrogens is 1100 g/mol. The monoisotopic (exact) mass is 1150 g/mol. The maximum absolute atomic E-state index is 7.40. The van der Waals surface area contributed by atoms with E-state index in [1.165, 1.54) is 181 Å². The Bertz CT molecular complexity index is 6010. The molecule has 1 nitrogen and oxygen atoms in total. The lowest BCUT2D eigenvalue weighted by Crippen LogP contribution is -2.08. The van der Waals surface area contributed by atoms with Crippen LogP contribution < -0.4 is 0 Å². The Labute approximate surface area is 526 Å². The van der Waals surface area contributed by atoms with E-state index in [9.17, 15) is 0 Å². The average Bonchev–Trinajstić information content (AvgIpc) is 1.59. The standard InChI is InChI=1S/C90H54O/c1-3-19-53(20-4-1)63-51-77(90-78(52-63)76-50-62(45-48-79(76)91-90)84-68-32-12-11-31-67(68)82(58-22-5-2-6-23-58)86-72-35-15-25-56-26-17-37-74(80(56)72)88(84)86)66-46-47-71(65-30-10-9-29-64(65)66)85-70-34-14-13-33-69(70)83(87-73-36-16-27-57-28-18-38-75(81(57)73)89(85)87)59-42-39-55(40-43-59)61-44-41-54-21-7-8-24-60(54)49-61/h1-50,52,77H,51H2. The largest absolute Gasteiger partial charge is 0.460 e. The molecule has 91 heavy (non-hydrogen) atoms. The summed E-state index contributed by atoms with van der Waals surface area (Å²) in [5.41, 5.74) is 28.6. The summed E-state index contributed by atoms with van der Waals surface area (Å²) in [6.45, 7) is 0. The fraction of sp³-hybridized carbons (Fsp3) is 0.0222. The molecule has 1 atom stereocenters. The second-order valence-electron chi connectivity index (χ2n) is 25.1. The van der Waals surface area contributed by atoms with Crippen LogP contribution in [0.3, 0.4) is 0 Å². The minimum atomic E-state index is -0.0761. The summed E-state index contributed by atoms with van der Waals surface area (Å²) in [7, 11) is 0. The summed E-state index contributed by atoms with van der Waals surface area (Å²) in [6, 6.07) is 114. The van der Waals surface area contributed by atoms with E-state index >= 15 is 0 Å². The second-order valence-corrected chi connectivity index (χ2v) is 25.1. The molecule has 1 aromatic heterocycles. The van der Waals surface area contributed by atoms with Gasteiger partial charge in [0.2, 0.25) is 0 Å². The fourth-order valence-corrected chi connectivity index (χ4v) is 16.6. The molecule has 3 aliphatic rings. The van der Waals surface area contributed by atoms with Gasteiger partial charge in [0, 0.05) is 16.9 Å². The van der Waals surface area contributed by atoms with E-state index in [0.29, 0.717) is 0 Å². The summed E-state index contributed by atoms with van der Waals surface area (Å²) < 4.78 is 7.40. The molecule has 0 spiro atoms. The third-order valence-electron chi connectivity index (χ3n) is 20.5. The molecule has 0 saturated carbocycles. The smallest absolute Gasteiger partial charge is 0.134 e. The first kappa shape index (κ1) is 50.4. The number of benzene rings is 16. The van der Waals surface area contributed by atoms with Crippen LogP contribution in [-0.4, -0.2) is 0 Å². The van der Waals surface area contributed by atoms with Crippen molar-refractivity contribution < 1.29 is 4.42 Å². The number of hydrogen-bond donors (Lipinski definition) is 0. The Balaban J connectivity index is 0.786. The van der Waals surface area contributed by atoms with Crippen molar-refractivity contribution in [3.8, 4) is 100 Å². The number of allylic oxidation sites excluding steroid dienone is 1. The third-order valence-corrected chi connectivity index (χ3v) is 20.5. The van der Waals surface area contributed by atoms with Crippen LogP contribution in [-0.2, 0) is 0 Å². The molecule has 0 aliphatic heterocycles. The van der Waals surface area contributed by atoms with Crippen molar-refractivity contribution in [2.24, 2.45) is 0 Å². The molecule has 1 heteroatoms. The highest BCUT2D eigenvalue weighted by atomic mass is 16.3. The van der Waals surface area contributed by atoms with Crippen LogP contribution in [0.5, 0.6) is 0 Å². The van der Waals surface area contributed by atoms with Crippen molar-refractivity contribution in [1.29, 1.82) is 0 Å². The molecule has 0 bridgehead atoms. The van der Waals surface area contributed by atoms with Gasteiger partial charge in [-0.05, 0) is 212 Å². The first-order valence-electron chi connectivity index (χ1n) is 31.9. The zero-order chi connectivity index (χ0) is 59.4. The van der Waals surface area contributed by atoms with E-state index in [4.69, 9.17) is 4.42 Å². The Kier molecular flexibility index (Phi) is 10.8. The second kappa shape index (κ2) is 19.4. The van der Waals surface area contributed by atoms with Crippen LogP contribution >= 0.6 is 0 Å². The molecule has 0 fully saturated rings. The Morgan fingerprint density at radius 2 is 0.703 bits per heavy atom. The topological polar surface area (TPSA) is 13.1 Å². The number of furan rings is 1. The normalized spacial score (nSPS) is 13.6. The first-order valence-corrected chi connectivity index (χ1v) is 31.9. The van der Waals surface area contributed by atoms with E-state index in [2.05, 4.69) is 309 Å². The average molecular weight is 1150 g/mol. The molecule has 1 unspecified atom stereocenters. The Morgan fingerprint density at radius 1 is 0.253 bits per heavy atom. The molecule has 17 aromatic rings. The lowest BCUT2D eigenvalue weighted by molar-refractivity contribution is 0.520. The summed E-state index contributed by atoms with van der Waals surface area (Å²) in [5.74, 6) is 0.939. The number of rotatable bonds is 7. The van der Waals surface area contributed by atoms with E-state index in [1.54, 1.807) is 0 Å². The lowest BCUT2D eigenvalue weighted by atomic mass is 9.77. The highest BCUT2D eigenvalue weighted by molar-refractivity contribution is 6.30. The van der Waals surface area contributed by atoms with Crippen LogP contribution in [0.2, 0.25) is 0 Å². The molecule has 20 rings (SSSR count). The van der Waals surface area contributed by atoms with Gasteiger partial charge < -0.3 is 4.42 Å². The van der Waals surface area contributed by atoms with Gasteiger partial charge in [-0.3, -0.25) is 0 Å². The SMILES string of the molecule is C1=C(c2ccccc2)CC(c2ccc(-c3c4c(c(-c5ccc(-c6ccc7ccccc7c6)cc5)c5ccccc35)-c3cccc5cccc-4c35)c3ccccc23)c2oc3ccc(-c4c5c(c(-c6ccccc6)c6ccccc46)-c4cccc6cccc-5c46)cc3c21. The third kappa shape index (κ3) is 7.35. The molecule has 0 radical (unpaired) electrons. The highest BCUT2D eigenvalue weighted by Gasteiger charge is 2.36. The predicted octanol–water partition coefficient (Wildman–Crippen LogP) is 25.1. The maximum Gasteiger partial charge on any atom is 0.134 e. The molecule has 0 saturated heterocycles. The molecule has 16 aromatic carbocycles. The van der Waals surface area contributed by atoms with Crippen molar-refractivity contribution >= 4 is 87.3 Å². The zero-order valence-corrected chi connectivity index (χ0v) is 49.6. The van der Waals surface area contributed by atoms with Gasteiger partial charge in [-0.2, -0.15) is 0 Å². The van der Waals surface area contributed by atoms with E-state index < -0.39 is 0 Å². The van der Waals surface area contributed by atoms with Gasteiger partial charge >= 0.3 is 0 Å². The first-order chi connectivity index (χ1) is 45.2. The van der Waals surface area contributed by atoms with Gasteiger partial charge in [0.15, 0.2) is 0 Å². The van der Waals surface area contributed by atoms with Gasteiger partial charge in [-0.1, -0.05) is 285 Å². The van der Waals surface area contributed by atoms with E-state index in [0.717, 1.165) is 28.7 Å². The zero-order valence-electron chi connectivity index (χ0n) is 49.6. The van der Waals surface area contributed by atoms with Crippen molar-refractivity contribution in [1.82, 2.24) is 0 Å². The van der Waals surface area contributed by atoms with Crippen molar-refractivity contribution in [3.05, 3.63) is 326 Å². The predicted molar refractivity (Wildman–Crippen MR) is 385 cm³/mol. The van der Waals surface area contributed by atoms with Crippen LogP contribution in [0.1, 0.15) is 34.8 Å². The summed E-state index contributed by atoms with van der Waals surface area (Å²) in [5, 5.41) is 16.2. The lowest BCUT2D eigenvalue weighted by Gasteiger charge is -2.26. The van der Waals surface area contributed by atoms with Crippen LogP contribution in [0.4, 0.5) is 0 Å². The summed E-state index contributed by atoms with van der Waals surface area (Å²) in [4.78, 5) is 0. The van der Waals surface area contributed by atoms with Crippen molar-refractivity contribution in [3.63, 3.8) is 0 Å². The van der Waals surface area contributed by atoms with E-state index in [-0.39, 0.29) is 5.92 Å². The van der Waals surface area contributed by atoms with Gasteiger partial charge in [0.1, 0.15) is 11.3 Å². The van der Waals surface area contributed by atoms with E-state index in [1.807, 2.05) is 0 Å². The number of hydrogen-bond acceptors (Lipinski definition) is 1. The van der Waals surface area contributed by atoms with Gasteiger partial charge in [-0.25, -0.2) is 0 Å². The molecular formula is C90H54O. The fourth-order valence-electron chi connectivity index (χ4n) is 16.6. The number of fused-ring (bicyclic) bond motifs is 13. The minimum Gasteiger partial charge on any atom is -0.460 e. The Hall–Kier alpha value is -11.6. The summed E-state index contributed by atoms with van der Waals surface area (Å²) >= 11 is 0. The highest BCUT2D eigenvalue weighted by Crippen LogP contribution is 2.61. The molecule has 1 heterocycles. The molecule has 420 valence electrons. The quantitative estimate of drug-likeness (QED) is 0.155.